The molecule has 0 radical (unpaired) electrons. The van der Waals surface area contributed by atoms with E-state index >= 15 is 0 Å². The minimum absolute atomic E-state index is 0.254. The molecule has 0 spiro atoms. The summed E-state index contributed by atoms with van der Waals surface area (Å²) in [6.45, 7) is 4.04. The summed E-state index contributed by atoms with van der Waals surface area (Å²) < 4.78 is 8.25. The molecule has 2 aromatic rings. The van der Waals surface area contributed by atoms with Crippen molar-refractivity contribution in [1.82, 2.24) is 8.75 Å². The van der Waals surface area contributed by atoms with Crippen LogP contribution in [0.15, 0.2) is 12.1 Å². The Balaban J connectivity index is 2.23. The summed E-state index contributed by atoms with van der Waals surface area (Å²) in [5, 5.41) is 3.19. The van der Waals surface area contributed by atoms with Crippen LogP contribution >= 0.6 is 23.3 Å². The normalized spacial score (nSPS) is 12.9. The van der Waals surface area contributed by atoms with E-state index < -0.39 is 6.04 Å². The van der Waals surface area contributed by atoms with Crippen molar-refractivity contribution in [3.8, 4) is 0 Å². The lowest BCUT2D eigenvalue weighted by molar-refractivity contribution is -0.117. The van der Waals surface area contributed by atoms with Gasteiger partial charge in [-0.2, -0.15) is 8.75 Å². The Morgan fingerprint density at radius 2 is 2.21 bits per heavy atom. The topological polar surface area (TPSA) is 80.9 Å². The van der Waals surface area contributed by atoms with Crippen molar-refractivity contribution < 1.29 is 4.79 Å². The fraction of sp³-hybridized carbons (Fsp3) is 0.417. The van der Waals surface area contributed by atoms with Crippen molar-refractivity contribution in [2.45, 2.75) is 26.3 Å². The molecule has 0 aliphatic heterocycles. The van der Waals surface area contributed by atoms with Gasteiger partial charge in [-0.05, 0) is 24.5 Å². The smallest absolute Gasteiger partial charge is 0.241 e. The number of carbonyl (C=O) groups is 1. The zero-order valence-corrected chi connectivity index (χ0v) is 12.3. The number of hydrogen-bond acceptors (Lipinski definition) is 5. The van der Waals surface area contributed by atoms with Gasteiger partial charge in [0.25, 0.3) is 0 Å². The molecule has 0 saturated carbocycles. The predicted molar refractivity (Wildman–Crippen MR) is 78.5 cm³/mol. The molecule has 7 heteroatoms. The Morgan fingerprint density at radius 3 is 2.89 bits per heavy atom. The van der Waals surface area contributed by atoms with E-state index in [1.807, 2.05) is 13.8 Å². The van der Waals surface area contributed by atoms with E-state index in [4.69, 9.17) is 17.3 Å². The Hall–Kier alpha value is -1.24. The molecule has 0 saturated heterocycles. The summed E-state index contributed by atoms with van der Waals surface area (Å²) in [5.74, 6) is 0.101. The van der Waals surface area contributed by atoms with E-state index in [1.165, 1.54) is 0 Å². The van der Waals surface area contributed by atoms with Crippen LogP contribution in [0.5, 0.6) is 0 Å². The lowest BCUT2D eigenvalue weighted by Crippen LogP contribution is -2.36. The maximum atomic E-state index is 12.0. The Morgan fingerprint density at radius 1 is 1.47 bits per heavy atom. The van der Waals surface area contributed by atoms with Crippen LogP contribution in [-0.2, 0) is 4.79 Å². The van der Waals surface area contributed by atoms with Crippen LogP contribution in [0.4, 0.5) is 5.69 Å². The van der Waals surface area contributed by atoms with Crippen LogP contribution in [0.25, 0.3) is 11.0 Å². The second-order valence-electron chi connectivity index (χ2n) is 4.78. The van der Waals surface area contributed by atoms with Crippen molar-refractivity contribution in [2.75, 3.05) is 5.32 Å². The quantitative estimate of drug-likeness (QED) is 0.909. The molecular formula is C12H15ClN4OS. The second kappa shape index (κ2) is 5.81. The number of anilines is 1. The fourth-order valence-corrected chi connectivity index (χ4v) is 2.52. The van der Waals surface area contributed by atoms with Crippen LogP contribution in [0.1, 0.15) is 20.3 Å². The summed E-state index contributed by atoms with van der Waals surface area (Å²) in [5.41, 5.74) is 7.64. The van der Waals surface area contributed by atoms with Gasteiger partial charge in [-0.1, -0.05) is 25.4 Å². The van der Waals surface area contributed by atoms with Crippen molar-refractivity contribution in [3.05, 3.63) is 17.2 Å². The van der Waals surface area contributed by atoms with Crippen LogP contribution in [0.3, 0.4) is 0 Å². The molecule has 5 nitrogen and oxygen atoms in total. The zero-order chi connectivity index (χ0) is 14.0. The van der Waals surface area contributed by atoms with E-state index in [0.29, 0.717) is 34.1 Å². The highest BCUT2D eigenvalue weighted by Crippen LogP contribution is 2.30. The highest BCUT2D eigenvalue weighted by molar-refractivity contribution is 7.00. The molecule has 102 valence electrons. The Bertz CT molecular complexity index is 598. The largest absolute Gasteiger partial charge is 0.322 e. The molecule has 2 rings (SSSR count). The lowest BCUT2D eigenvalue weighted by atomic mass is 10.0. The third-order valence-corrected chi connectivity index (χ3v) is 3.54. The summed E-state index contributed by atoms with van der Waals surface area (Å²) in [6, 6.07) is 2.90. The molecule has 0 bridgehead atoms. The van der Waals surface area contributed by atoms with Gasteiger partial charge in [0, 0.05) is 0 Å². The third-order valence-electron chi connectivity index (χ3n) is 2.69. The van der Waals surface area contributed by atoms with Gasteiger partial charge in [-0.25, -0.2) is 0 Å². The molecule has 19 heavy (non-hydrogen) atoms. The zero-order valence-electron chi connectivity index (χ0n) is 10.7. The van der Waals surface area contributed by atoms with Crippen LogP contribution in [-0.4, -0.2) is 20.7 Å². The number of carbonyl (C=O) groups excluding carboxylic acids is 1. The van der Waals surface area contributed by atoms with Crippen LogP contribution in [0.2, 0.25) is 5.02 Å². The molecule has 1 aromatic heterocycles. The number of fused-ring (bicyclic) bond motifs is 1. The standard InChI is InChI=1S/C12H15ClN4OS/c1-6(2)5-8(14)12(18)15-10-7(13)3-4-9-11(10)17-19-16-9/h3-4,6,8H,5,14H2,1-2H3,(H,15,18)/t8-/m0/s1. The summed E-state index contributed by atoms with van der Waals surface area (Å²) in [7, 11) is 0. The van der Waals surface area contributed by atoms with Gasteiger partial charge in [0.2, 0.25) is 5.91 Å². The van der Waals surface area contributed by atoms with E-state index in [9.17, 15) is 4.79 Å². The number of aromatic nitrogens is 2. The summed E-state index contributed by atoms with van der Waals surface area (Å²) >= 11 is 7.18. The molecule has 1 atom stereocenters. The molecular weight excluding hydrogens is 284 g/mol. The van der Waals surface area contributed by atoms with Crippen molar-refractivity contribution in [2.24, 2.45) is 11.7 Å². The number of rotatable bonds is 4. The first-order valence-electron chi connectivity index (χ1n) is 5.96. The molecule has 1 amide bonds. The summed E-state index contributed by atoms with van der Waals surface area (Å²) in [6.07, 6.45) is 0.620. The Labute approximate surface area is 120 Å². The number of hydrogen-bond donors (Lipinski definition) is 2. The minimum atomic E-state index is -0.557. The maximum absolute atomic E-state index is 12.0. The second-order valence-corrected chi connectivity index (χ2v) is 5.72. The van der Waals surface area contributed by atoms with Gasteiger partial charge in [0.05, 0.1) is 28.5 Å². The van der Waals surface area contributed by atoms with Crippen LogP contribution in [0, 0.1) is 5.92 Å². The molecule has 1 heterocycles. The van der Waals surface area contributed by atoms with Gasteiger partial charge in [-0.15, -0.1) is 0 Å². The molecule has 0 unspecified atom stereocenters. The highest BCUT2D eigenvalue weighted by atomic mass is 35.5. The third kappa shape index (κ3) is 3.20. The fourth-order valence-electron chi connectivity index (χ4n) is 1.78. The van der Waals surface area contributed by atoms with E-state index in [0.717, 1.165) is 11.7 Å². The molecule has 1 aromatic carbocycles. The first-order chi connectivity index (χ1) is 8.99. The SMILES string of the molecule is CC(C)C[C@H](N)C(=O)Nc1c(Cl)ccc2nsnc12. The monoisotopic (exact) mass is 298 g/mol. The van der Waals surface area contributed by atoms with Gasteiger partial charge < -0.3 is 11.1 Å². The molecule has 0 aliphatic rings. The average Bonchev–Trinajstić information content (AvgIpc) is 2.80. The van der Waals surface area contributed by atoms with Crippen molar-refractivity contribution >= 4 is 46.0 Å². The number of amides is 1. The van der Waals surface area contributed by atoms with Gasteiger partial charge in [0.1, 0.15) is 11.0 Å². The number of halogens is 1. The first kappa shape index (κ1) is 14.2. The van der Waals surface area contributed by atoms with Crippen LogP contribution < -0.4 is 11.1 Å². The average molecular weight is 299 g/mol. The molecule has 3 N–H and O–H groups in total. The van der Waals surface area contributed by atoms with Gasteiger partial charge >= 0.3 is 0 Å². The van der Waals surface area contributed by atoms with Gasteiger partial charge in [-0.3, -0.25) is 4.79 Å². The van der Waals surface area contributed by atoms with E-state index in [2.05, 4.69) is 14.1 Å². The predicted octanol–water partition coefficient (Wildman–Crippen LogP) is 2.66. The number of nitrogens with zero attached hydrogens (tertiary/aromatic N) is 2. The number of nitrogens with one attached hydrogen (secondary N) is 1. The van der Waals surface area contributed by atoms with E-state index in [1.54, 1.807) is 12.1 Å². The van der Waals surface area contributed by atoms with Crippen molar-refractivity contribution in [3.63, 3.8) is 0 Å². The lowest BCUT2D eigenvalue weighted by Gasteiger charge is -2.14. The highest BCUT2D eigenvalue weighted by Gasteiger charge is 2.18. The van der Waals surface area contributed by atoms with E-state index in [-0.39, 0.29) is 5.91 Å². The minimum Gasteiger partial charge on any atom is -0.322 e. The van der Waals surface area contributed by atoms with Crippen molar-refractivity contribution in [1.29, 1.82) is 0 Å². The summed E-state index contributed by atoms with van der Waals surface area (Å²) in [4.78, 5) is 12.0. The number of benzene rings is 1. The molecule has 0 aliphatic carbocycles. The first-order valence-corrected chi connectivity index (χ1v) is 7.07. The number of nitrogens with two attached hydrogens (primary N) is 1. The van der Waals surface area contributed by atoms with Gasteiger partial charge in [0.15, 0.2) is 0 Å². The maximum Gasteiger partial charge on any atom is 0.241 e. The molecule has 0 fully saturated rings. The Kier molecular flexibility index (Phi) is 4.34.